The van der Waals surface area contributed by atoms with Crippen LogP contribution in [-0.4, -0.2) is 24.6 Å². The van der Waals surface area contributed by atoms with Crippen molar-refractivity contribution in [2.75, 3.05) is 6.61 Å². The zero-order chi connectivity index (χ0) is 9.83. The van der Waals surface area contributed by atoms with Crippen molar-refractivity contribution < 1.29 is 23.7 Å². The van der Waals surface area contributed by atoms with Crippen LogP contribution in [-0.2, 0) is 9.09 Å². The van der Waals surface area contributed by atoms with Crippen LogP contribution in [0.15, 0.2) is 0 Å². The normalized spacial score (nSPS) is 17.4. The van der Waals surface area contributed by atoms with E-state index in [-0.39, 0.29) is 6.61 Å². The summed E-state index contributed by atoms with van der Waals surface area (Å²) in [4.78, 5) is 27.6. The van der Waals surface area contributed by atoms with Crippen molar-refractivity contribution >= 4 is 16.1 Å². The Bertz CT molecular complexity index is 171. The highest BCUT2D eigenvalue weighted by Crippen LogP contribution is 2.30. The van der Waals surface area contributed by atoms with E-state index in [2.05, 4.69) is 4.52 Å². The minimum Gasteiger partial charge on any atom is -0.756 e. The Balaban J connectivity index is 3.41. The molecule has 1 atom stereocenters. The van der Waals surface area contributed by atoms with E-state index in [1.165, 1.54) is 0 Å². The molecule has 74 valence electrons. The van der Waals surface area contributed by atoms with Gasteiger partial charge in [-0.25, -0.2) is 0 Å². The van der Waals surface area contributed by atoms with Crippen LogP contribution in [0.5, 0.6) is 0 Å². The first kappa shape index (κ1) is 12.3. The summed E-state index contributed by atoms with van der Waals surface area (Å²) in [7, 11) is -6.67. The molecule has 0 aliphatic rings. The number of phosphoric ester groups is 1. The van der Waals surface area contributed by atoms with Crippen LogP contribution in [0.2, 0.25) is 19.1 Å². The Morgan fingerprint density at radius 2 is 2.08 bits per heavy atom. The van der Waals surface area contributed by atoms with E-state index in [1.54, 1.807) is 13.1 Å². The van der Waals surface area contributed by atoms with E-state index in [0.29, 0.717) is 12.5 Å². The number of hydrogen-bond acceptors (Lipinski definition) is 4. The third-order valence-corrected chi connectivity index (χ3v) is 3.27. The maximum atomic E-state index is 10.1. The molecular weight excluding hydrogens is 199 g/mol. The molecule has 0 bridgehead atoms. The van der Waals surface area contributed by atoms with Crippen molar-refractivity contribution in [1.82, 2.24) is 0 Å². The van der Waals surface area contributed by atoms with E-state index < -0.39 is 16.1 Å². The van der Waals surface area contributed by atoms with Crippen molar-refractivity contribution in [1.29, 1.82) is 0 Å². The van der Waals surface area contributed by atoms with Crippen molar-refractivity contribution in [3.05, 3.63) is 0 Å². The first-order chi connectivity index (χ1) is 5.21. The molecule has 7 heteroatoms. The van der Waals surface area contributed by atoms with Crippen LogP contribution in [0.4, 0.5) is 0 Å². The van der Waals surface area contributed by atoms with Gasteiger partial charge in [0.1, 0.15) is 0 Å². The molecule has 0 aliphatic heterocycles. The molecular formula is C5H14O5PSi-. The summed E-state index contributed by atoms with van der Waals surface area (Å²) >= 11 is 0. The van der Waals surface area contributed by atoms with E-state index in [4.69, 9.17) is 4.89 Å². The van der Waals surface area contributed by atoms with Crippen LogP contribution in [0.1, 0.15) is 6.42 Å². The SMILES string of the molecule is C[Si](C)(O)CCCOP(=O)([O-])O. The van der Waals surface area contributed by atoms with Gasteiger partial charge in [-0.1, -0.05) is 0 Å². The van der Waals surface area contributed by atoms with Gasteiger partial charge >= 0.3 is 0 Å². The Kier molecular flexibility index (Phi) is 4.61. The van der Waals surface area contributed by atoms with Gasteiger partial charge in [0.05, 0.1) is 6.61 Å². The largest absolute Gasteiger partial charge is 0.756 e. The predicted octanol–water partition coefficient (Wildman–Crippen LogP) is 0.0512. The molecule has 0 aromatic carbocycles. The van der Waals surface area contributed by atoms with Gasteiger partial charge in [-0.15, -0.1) is 0 Å². The highest BCUT2D eigenvalue weighted by molar-refractivity contribution is 7.44. The molecule has 0 radical (unpaired) electrons. The second kappa shape index (κ2) is 4.50. The third kappa shape index (κ3) is 10.3. The fourth-order valence-electron chi connectivity index (χ4n) is 0.685. The summed E-state index contributed by atoms with van der Waals surface area (Å²) < 4.78 is 14.2. The van der Waals surface area contributed by atoms with Crippen LogP contribution in [0.25, 0.3) is 0 Å². The Labute approximate surface area is 72.7 Å². The Morgan fingerprint density at radius 1 is 1.58 bits per heavy atom. The quantitative estimate of drug-likeness (QED) is 0.382. The molecule has 0 saturated heterocycles. The lowest BCUT2D eigenvalue weighted by atomic mass is 10.5. The molecule has 0 saturated carbocycles. The lowest BCUT2D eigenvalue weighted by Crippen LogP contribution is -2.24. The highest BCUT2D eigenvalue weighted by atomic mass is 31.2. The van der Waals surface area contributed by atoms with Gasteiger partial charge < -0.3 is 19.1 Å². The van der Waals surface area contributed by atoms with Gasteiger partial charge in [0.2, 0.25) is 0 Å². The van der Waals surface area contributed by atoms with Crippen molar-refractivity contribution in [3.63, 3.8) is 0 Å². The van der Waals surface area contributed by atoms with Gasteiger partial charge in [0, 0.05) is 0 Å². The second-order valence-electron chi connectivity index (χ2n) is 3.22. The monoisotopic (exact) mass is 213 g/mol. The zero-order valence-corrected chi connectivity index (χ0v) is 9.08. The molecule has 0 aliphatic carbocycles. The second-order valence-corrected chi connectivity index (χ2v) is 8.54. The topological polar surface area (TPSA) is 89.8 Å². The zero-order valence-electron chi connectivity index (χ0n) is 7.19. The van der Waals surface area contributed by atoms with Crippen LogP contribution < -0.4 is 4.89 Å². The summed E-state index contributed by atoms with van der Waals surface area (Å²) in [6, 6.07) is 0.562. The summed E-state index contributed by atoms with van der Waals surface area (Å²) in [6.07, 6.45) is 0.447. The van der Waals surface area contributed by atoms with Crippen LogP contribution in [0, 0.1) is 0 Å². The molecule has 12 heavy (non-hydrogen) atoms. The summed E-state index contributed by atoms with van der Waals surface area (Å²) in [5, 5.41) is 0. The summed E-state index contributed by atoms with van der Waals surface area (Å²) in [5.41, 5.74) is 0. The maximum Gasteiger partial charge on any atom is 0.265 e. The number of rotatable bonds is 5. The maximum absolute atomic E-state index is 10.1. The molecule has 1 unspecified atom stereocenters. The van der Waals surface area contributed by atoms with E-state index in [9.17, 15) is 14.3 Å². The fourth-order valence-corrected chi connectivity index (χ4v) is 2.05. The van der Waals surface area contributed by atoms with Crippen molar-refractivity contribution in [2.45, 2.75) is 25.6 Å². The predicted molar refractivity (Wildman–Crippen MR) is 44.9 cm³/mol. The minimum absolute atomic E-state index is 0.0612. The summed E-state index contributed by atoms with van der Waals surface area (Å²) in [5.74, 6) is 0. The molecule has 0 heterocycles. The highest BCUT2D eigenvalue weighted by Gasteiger charge is 2.15. The Morgan fingerprint density at radius 3 is 2.42 bits per heavy atom. The molecule has 0 aromatic rings. The average molecular weight is 213 g/mol. The number of hydrogen-bond donors (Lipinski definition) is 2. The van der Waals surface area contributed by atoms with Crippen LogP contribution >= 0.6 is 7.82 Å². The first-order valence-electron chi connectivity index (χ1n) is 3.61. The first-order valence-corrected chi connectivity index (χ1v) is 8.26. The number of phosphoric acid groups is 1. The molecule has 5 nitrogen and oxygen atoms in total. The molecule has 0 rings (SSSR count). The molecule has 0 fully saturated rings. The molecule has 2 N–H and O–H groups in total. The standard InChI is InChI=1S/C5H15O5PSi/c1-12(2,9)5-3-4-10-11(6,7)8/h9H,3-5H2,1-2H3,(H2,6,7,8)/p-1. The van der Waals surface area contributed by atoms with Gasteiger partial charge in [-0.3, -0.25) is 4.57 Å². The third-order valence-electron chi connectivity index (χ3n) is 1.19. The minimum atomic E-state index is -4.56. The summed E-state index contributed by atoms with van der Waals surface area (Å²) in [6.45, 7) is 3.44. The fraction of sp³-hybridized carbons (Fsp3) is 1.00. The molecule has 0 spiro atoms. The van der Waals surface area contributed by atoms with Gasteiger partial charge in [0.15, 0.2) is 8.32 Å². The van der Waals surface area contributed by atoms with Gasteiger partial charge in [0.25, 0.3) is 7.82 Å². The lowest BCUT2D eigenvalue weighted by molar-refractivity contribution is -0.219. The van der Waals surface area contributed by atoms with E-state index in [1.807, 2.05) is 0 Å². The van der Waals surface area contributed by atoms with Crippen LogP contribution in [0.3, 0.4) is 0 Å². The molecule has 0 amide bonds. The van der Waals surface area contributed by atoms with E-state index >= 15 is 0 Å². The van der Waals surface area contributed by atoms with E-state index in [0.717, 1.165) is 0 Å². The van der Waals surface area contributed by atoms with Gasteiger partial charge in [-0.2, -0.15) is 0 Å². The Hall–Kier alpha value is 0.287. The molecule has 0 aromatic heterocycles. The lowest BCUT2D eigenvalue weighted by Gasteiger charge is -2.17. The van der Waals surface area contributed by atoms with Gasteiger partial charge in [-0.05, 0) is 25.6 Å². The van der Waals surface area contributed by atoms with Crippen molar-refractivity contribution in [3.8, 4) is 0 Å². The average Bonchev–Trinajstić information content (AvgIpc) is 1.76. The smallest absolute Gasteiger partial charge is 0.265 e. The van der Waals surface area contributed by atoms with Crippen molar-refractivity contribution in [2.24, 2.45) is 0 Å².